The summed E-state index contributed by atoms with van der Waals surface area (Å²) >= 11 is 8.09. The van der Waals surface area contributed by atoms with Crippen molar-refractivity contribution in [3.8, 4) is 0 Å². The third-order valence-corrected chi connectivity index (χ3v) is 6.33. The molecule has 1 aliphatic rings. The van der Waals surface area contributed by atoms with E-state index in [2.05, 4.69) is 5.43 Å². The Bertz CT molecular complexity index is 1060. The van der Waals surface area contributed by atoms with E-state index in [4.69, 9.17) is 16.6 Å². The van der Waals surface area contributed by atoms with E-state index in [1.165, 1.54) is 16.8 Å². The third-order valence-electron chi connectivity index (χ3n) is 5.19. The number of hydrogen-bond acceptors (Lipinski definition) is 4. The summed E-state index contributed by atoms with van der Waals surface area (Å²) < 4.78 is 0. The van der Waals surface area contributed by atoms with Crippen molar-refractivity contribution in [2.75, 3.05) is 11.7 Å². The molecule has 1 heterocycles. The Morgan fingerprint density at radius 1 is 0.933 bits per heavy atom. The Morgan fingerprint density at radius 3 is 2.10 bits per heavy atom. The van der Waals surface area contributed by atoms with Gasteiger partial charge in [-0.05, 0) is 42.0 Å². The maximum Gasteiger partial charge on any atom is 0.279 e. The highest BCUT2D eigenvalue weighted by Gasteiger charge is 2.46. The molecule has 0 radical (unpaired) electrons. The second-order valence-electron chi connectivity index (χ2n) is 7.18. The average Bonchev–Trinajstić information content (AvgIpc) is 3.05. The lowest BCUT2D eigenvalue weighted by molar-refractivity contribution is -0.129. The van der Waals surface area contributed by atoms with Crippen molar-refractivity contribution < 1.29 is 4.79 Å². The lowest BCUT2D eigenvalue weighted by atomic mass is 9.91. The Hall–Kier alpha value is -2.76. The van der Waals surface area contributed by atoms with Gasteiger partial charge in [-0.1, -0.05) is 84.6 Å². The van der Waals surface area contributed by atoms with Crippen LogP contribution in [0.5, 0.6) is 0 Å². The molecule has 0 aromatic heterocycles. The van der Waals surface area contributed by atoms with Gasteiger partial charge in [0.05, 0.1) is 11.1 Å². The molecule has 0 unspecified atom stereocenters. The number of carbonyl (C=O) groups is 1. The van der Waals surface area contributed by atoms with Crippen molar-refractivity contribution in [3.63, 3.8) is 0 Å². The highest BCUT2D eigenvalue weighted by Crippen LogP contribution is 2.37. The topological polar surface area (TPSA) is 44.7 Å². The number of alkyl halides is 1. The number of thioether (sulfide) groups is 1. The maximum atomic E-state index is 13.4. The molecule has 4 nitrogen and oxygen atoms in total. The van der Waals surface area contributed by atoms with Crippen molar-refractivity contribution in [2.24, 2.45) is 4.99 Å². The van der Waals surface area contributed by atoms with Crippen molar-refractivity contribution >= 4 is 40.1 Å². The van der Waals surface area contributed by atoms with E-state index in [-0.39, 0.29) is 11.3 Å². The number of para-hydroxylation sites is 1. The first-order valence-corrected chi connectivity index (χ1v) is 11.3. The van der Waals surface area contributed by atoms with Crippen LogP contribution in [0.15, 0.2) is 89.9 Å². The predicted octanol–water partition coefficient (Wildman–Crippen LogP) is 5.82. The van der Waals surface area contributed by atoms with Crippen LogP contribution in [-0.4, -0.2) is 22.3 Å². The molecule has 1 aliphatic heterocycles. The number of hydrazine groups is 1. The summed E-state index contributed by atoms with van der Waals surface area (Å²) in [6, 6.07) is 27.4. The predicted molar refractivity (Wildman–Crippen MR) is 126 cm³/mol. The first-order chi connectivity index (χ1) is 14.5. The minimum Gasteiger partial charge on any atom is -0.289 e. The van der Waals surface area contributed by atoms with Crippen LogP contribution in [0.25, 0.3) is 0 Å². The van der Waals surface area contributed by atoms with E-state index in [0.29, 0.717) is 5.17 Å². The standard InChI is InChI=1S/C24H22ClN3OS/c1-24(19-15-13-18(14-16-19)21(25)17-9-5-3-6-10-17)22(29)28(23(26-24)30-2)27-20-11-7-4-8-12-20/h3-16,21,27H,1-2H3/t21-,24+/m0/s1. The van der Waals surface area contributed by atoms with Gasteiger partial charge in [-0.2, -0.15) is 5.01 Å². The molecule has 30 heavy (non-hydrogen) atoms. The Balaban J connectivity index is 1.60. The molecule has 3 aromatic rings. The fraction of sp³-hybridized carbons (Fsp3) is 0.167. The molecular formula is C24H22ClN3OS. The minimum absolute atomic E-state index is 0.117. The molecule has 3 aromatic carbocycles. The van der Waals surface area contributed by atoms with Crippen molar-refractivity contribution in [1.82, 2.24) is 5.01 Å². The average molecular weight is 436 g/mol. The van der Waals surface area contributed by atoms with Gasteiger partial charge in [0.25, 0.3) is 5.91 Å². The van der Waals surface area contributed by atoms with Gasteiger partial charge in [0.1, 0.15) is 0 Å². The molecule has 2 atom stereocenters. The van der Waals surface area contributed by atoms with E-state index in [1.807, 2.05) is 98.1 Å². The monoisotopic (exact) mass is 435 g/mol. The first-order valence-electron chi connectivity index (χ1n) is 9.62. The molecule has 0 spiro atoms. The summed E-state index contributed by atoms with van der Waals surface area (Å²) in [5, 5.41) is 1.92. The summed E-state index contributed by atoms with van der Waals surface area (Å²) in [7, 11) is 0. The molecule has 0 saturated heterocycles. The smallest absolute Gasteiger partial charge is 0.279 e. The van der Waals surface area contributed by atoms with E-state index in [1.54, 1.807) is 0 Å². The molecule has 1 N–H and O–H groups in total. The van der Waals surface area contributed by atoms with Crippen LogP contribution in [0.4, 0.5) is 5.69 Å². The SMILES string of the molecule is CSC1=N[C@](C)(c2ccc([C@@H](Cl)c3ccccc3)cc2)C(=O)N1Nc1ccccc1. The number of amides is 1. The number of halogens is 1. The zero-order valence-corrected chi connectivity index (χ0v) is 18.3. The fourth-order valence-corrected chi connectivity index (χ4v) is 4.33. The summed E-state index contributed by atoms with van der Waals surface area (Å²) in [6.45, 7) is 1.85. The highest BCUT2D eigenvalue weighted by molar-refractivity contribution is 8.13. The van der Waals surface area contributed by atoms with Gasteiger partial charge in [-0.3, -0.25) is 10.2 Å². The lowest BCUT2D eigenvalue weighted by Crippen LogP contribution is -2.42. The molecule has 0 aliphatic carbocycles. The van der Waals surface area contributed by atoms with Crippen LogP contribution in [0.2, 0.25) is 0 Å². The number of carbonyl (C=O) groups excluding carboxylic acids is 1. The lowest BCUT2D eigenvalue weighted by Gasteiger charge is -2.24. The van der Waals surface area contributed by atoms with Crippen LogP contribution in [0, 0.1) is 0 Å². The minimum atomic E-state index is -0.993. The number of rotatable bonds is 5. The second kappa shape index (κ2) is 8.54. The van der Waals surface area contributed by atoms with Gasteiger partial charge in [-0.25, -0.2) is 4.99 Å². The molecule has 4 rings (SSSR count). The van der Waals surface area contributed by atoms with Crippen molar-refractivity contribution in [3.05, 3.63) is 102 Å². The quantitative estimate of drug-likeness (QED) is 0.513. The normalized spacial score (nSPS) is 19.5. The third kappa shape index (κ3) is 3.83. The fourth-order valence-electron chi connectivity index (χ4n) is 3.45. The van der Waals surface area contributed by atoms with Crippen LogP contribution in [0.1, 0.15) is 29.0 Å². The van der Waals surface area contributed by atoms with Gasteiger partial charge < -0.3 is 0 Å². The molecule has 6 heteroatoms. The molecule has 152 valence electrons. The van der Waals surface area contributed by atoms with Gasteiger partial charge >= 0.3 is 0 Å². The summed E-state index contributed by atoms with van der Waals surface area (Å²) in [5.41, 5.74) is 5.87. The number of anilines is 1. The zero-order chi connectivity index (χ0) is 21.1. The Labute approximate surface area is 185 Å². The molecule has 0 saturated carbocycles. The molecular weight excluding hydrogens is 414 g/mol. The van der Waals surface area contributed by atoms with Crippen LogP contribution >= 0.6 is 23.4 Å². The summed E-state index contributed by atoms with van der Waals surface area (Å²) in [5.74, 6) is -0.117. The van der Waals surface area contributed by atoms with E-state index >= 15 is 0 Å². The van der Waals surface area contributed by atoms with Crippen molar-refractivity contribution in [2.45, 2.75) is 17.8 Å². The van der Waals surface area contributed by atoms with Gasteiger partial charge in [-0.15, -0.1) is 11.6 Å². The second-order valence-corrected chi connectivity index (χ2v) is 8.39. The number of hydrogen-bond donors (Lipinski definition) is 1. The zero-order valence-electron chi connectivity index (χ0n) is 16.7. The number of benzene rings is 3. The van der Waals surface area contributed by atoms with Crippen molar-refractivity contribution in [1.29, 1.82) is 0 Å². The number of aliphatic imine (C=N–C) groups is 1. The largest absolute Gasteiger partial charge is 0.289 e. The van der Waals surface area contributed by atoms with E-state index in [0.717, 1.165) is 22.4 Å². The number of nitrogens with zero attached hydrogens (tertiary/aromatic N) is 2. The van der Waals surface area contributed by atoms with E-state index in [9.17, 15) is 4.79 Å². The highest BCUT2D eigenvalue weighted by atomic mass is 35.5. The molecule has 0 fully saturated rings. The first kappa shape index (κ1) is 20.5. The maximum absolute atomic E-state index is 13.4. The Morgan fingerprint density at radius 2 is 1.50 bits per heavy atom. The number of amidine groups is 1. The molecule has 0 bridgehead atoms. The number of nitrogens with one attached hydrogen (secondary N) is 1. The van der Waals surface area contributed by atoms with Gasteiger partial charge in [0.2, 0.25) is 0 Å². The Kier molecular flexibility index (Phi) is 5.84. The van der Waals surface area contributed by atoms with Gasteiger partial charge in [0.15, 0.2) is 10.7 Å². The van der Waals surface area contributed by atoms with Crippen LogP contribution in [-0.2, 0) is 10.3 Å². The van der Waals surface area contributed by atoms with E-state index < -0.39 is 5.54 Å². The van der Waals surface area contributed by atoms with Gasteiger partial charge in [0, 0.05) is 0 Å². The summed E-state index contributed by atoms with van der Waals surface area (Å²) in [4.78, 5) is 18.1. The van der Waals surface area contributed by atoms with Crippen LogP contribution in [0.3, 0.4) is 0 Å². The molecule has 1 amide bonds. The van der Waals surface area contributed by atoms with Crippen LogP contribution < -0.4 is 5.43 Å². The summed E-state index contributed by atoms with van der Waals surface area (Å²) in [6.07, 6.45) is 1.92.